The molecule has 0 spiro atoms. The molecule has 0 amide bonds. The number of aromatic nitrogens is 2. The molecule has 7 heteroatoms. The summed E-state index contributed by atoms with van der Waals surface area (Å²) in [5.41, 5.74) is 0.878. The fourth-order valence-electron chi connectivity index (χ4n) is 2.46. The first-order valence-corrected chi connectivity index (χ1v) is 7.68. The maximum atomic E-state index is 5.87. The van der Waals surface area contributed by atoms with E-state index in [1.165, 1.54) is 12.8 Å². The minimum atomic E-state index is 0.462. The first kappa shape index (κ1) is 14.8. The maximum absolute atomic E-state index is 5.87. The molecule has 0 aliphatic carbocycles. The van der Waals surface area contributed by atoms with E-state index in [4.69, 9.17) is 16.1 Å². The summed E-state index contributed by atoms with van der Waals surface area (Å²) in [6, 6.07) is 7.35. The second kappa shape index (κ2) is 6.79. The second-order valence-electron chi connectivity index (χ2n) is 5.11. The van der Waals surface area contributed by atoms with Crippen LogP contribution in [0.4, 0.5) is 0 Å². The van der Waals surface area contributed by atoms with Crippen LogP contribution in [0.25, 0.3) is 11.4 Å². The zero-order chi connectivity index (χ0) is 15.4. The van der Waals surface area contributed by atoms with Crippen LogP contribution < -0.4 is 5.32 Å². The average Bonchev–Trinajstić information content (AvgIpc) is 3.20. The zero-order valence-electron chi connectivity index (χ0n) is 12.4. The van der Waals surface area contributed by atoms with Gasteiger partial charge in [0, 0.05) is 30.7 Å². The van der Waals surface area contributed by atoms with E-state index in [1.54, 1.807) is 19.2 Å². The minimum Gasteiger partial charge on any atom is -0.347 e. The van der Waals surface area contributed by atoms with Gasteiger partial charge in [-0.3, -0.25) is 4.99 Å². The second-order valence-corrected chi connectivity index (χ2v) is 5.55. The molecule has 116 valence electrons. The summed E-state index contributed by atoms with van der Waals surface area (Å²) in [4.78, 5) is 10.9. The molecule has 0 atom stereocenters. The first-order chi connectivity index (χ1) is 10.8. The van der Waals surface area contributed by atoms with Crippen molar-refractivity contribution in [3.05, 3.63) is 35.2 Å². The van der Waals surface area contributed by atoms with Crippen molar-refractivity contribution in [1.29, 1.82) is 0 Å². The third-order valence-electron chi connectivity index (χ3n) is 3.59. The average molecular weight is 320 g/mol. The van der Waals surface area contributed by atoms with Gasteiger partial charge in [-0.2, -0.15) is 4.98 Å². The molecular formula is C15H18ClN5O. The highest BCUT2D eigenvalue weighted by atomic mass is 35.5. The summed E-state index contributed by atoms with van der Waals surface area (Å²) in [7, 11) is 1.79. The fraction of sp³-hybridized carbons (Fsp3) is 0.400. The SMILES string of the molecule is CN=C(NCc1nc(-c2ccc(Cl)cc2)no1)N1CCCC1. The van der Waals surface area contributed by atoms with Crippen molar-refractivity contribution >= 4 is 17.6 Å². The fourth-order valence-corrected chi connectivity index (χ4v) is 2.58. The monoisotopic (exact) mass is 319 g/mol. The Bertz CT molecular complexity index is 646. The van der Waals surface area contributed by atoms with Crippen LogP contribution in [-0.2, 0) is 6.54 Å². The zero-order valence-corrected chi connectivity index (χ0v) is 13.2. The summed E-state index contributed by atoms with van der Waals surface area (Å²) in [6.07, 6.45) is 2.42. The molecule has 1 aromatic heterocycles. The van der Waals surface area contributed by atoms with E-state index in [1.807, 2.05) is 12.1 Å². The summed E-state index contributed by atoms with van der Waals surface area (Å²) in [5.74, 6) is 1.97. The van der Waals surface area contributed by atoms with Gasteiger partial charge in [0.15, 0.2) is 5.96 Å². The van der Waals surface area contributed by atoms with Gasteiger partial charge in [-0.05, 0) is 37.1 Å². The van der Waals surface area contributed by atoms with Gasteiger partial charge in [-0.1, -0.05) is 16.8 Å². The smallest absolute Gasteiger partial charge is 0.246 e. The molecule has 0 bridgehead atoms. The summed E-state index contributed by atoms with van der Waals surface area (Å²) >= 11 is 5.87. The number of benzene rings is 1. The topological polar surface area (TPSA) is 66.5 Å². The number of halogens is 1. The van der Waals surface area contributed by atoms with Crippen molar-refractivity contribution in [3.63, 3.8) is 0 Å². The molecule has 0 radical (unpaired) electrons. The van der Waals surface area contributed by atoms with Crippen molar-refractivity contribution in [1.82, 2.24) is 20.4 Å². The molecule has 1 aliphatic rings. The molecule has 2 aromatic rings. The lowest BCUT2D eigenvalue weighted by atomic mass is 10.2. The van der Waals surface area contributed by atoms with Crippen LogP contribution in [0.3, 0.4) is 0 Å². The van der Waals surface area contributed by atoms with Crippen LogP contribution in [0.2, 0.25) is 5.02 Å². The maximum Gasteiger partial charge on any atom is 0.246 e. The normalized spacial score (nSPS) is 15.4. The van der Waals surface area contributed by atoms with Gasteiger partial charge in [0.1, 0.15) is 0 Å². The molecule has 1 aromatic carbocycles. The molecule has 6 nitrogen and oxygen atoms in total. The highest BCUT2D eigenvalue weighted by Gasteiger charge is 2.16. The third-order valence-corrected chi connectivity index (χ3v) is 3.84. The van der Waals surface area contributed by atoms with Gasteiger partial charge in [0.2, 0.25) is 11.7 Å². The first-order valence-electron chi connectivity index (χ1n) is 7.30. The number of likely N-dealkylation sites (tertiary alicyclic amines) is 1. The van der Waals surface area contributed by atoms with Crippen molar-refractivity contribution in [2.24, 2.45) is 4.99 Å². The van der Waals surface area contributed by atoms with E-state index in [-0.39, 0.29) is 0 Å². The Hall–Kier alpha value is -2.08. The number of guanidine groups is 1. The molecule has 1 fully saturated rings. The van der Waals surface area contributed by atoms with E-state index >= 15 is 0 Å². The van der Waals surface area contributed by atoms with Gasteiger partial charge in [0.05, 0.1) is 6.54 Å². The van der Waals surface area contributed by atoms with Gasteiger partial charge in [-0.15, -0.1) is 0 Å². The van der Waals surface area contributed by atoms with Gasteiger partial charge >= 0.3 is 0 Å². The summed E-state index contributed by atoms with van der Waals surface area (Å²) in [5, 5.41) is 7.94. The van der Waals surface area contributed by atoms with E-state index in [2.05, 4.69) is 25.3 Å². The molecule has 2 heterocycles. The van der Waals surface area contributed by atoms with E-state index < -0.39 is 0 Å². The van der Waals surface area contributed by atoms with Crippen molar-refractivity contribution in [2.75, 3.05) is 20.1 Å². The van der Waals surface area contributed by atoms with E-state index in [0.717, 1.165) is 24.6 Å². The number of hydrogen-bond acceptors (Lipinski definition) is 4. The van der Waals surface area contributed by atoms with Crippen LogP contribution >= 0.6 is 11.6 Å². The Kier molecular flexibility index (Phi) is 4.58. The highest BCUT2D eigenvalue weighted by molar-refractivity contribution is 6.30. The van der Waals surface area contributed by atoms with Crippen molar-refractivity contribution in [3.8, 4) is 11.4 Å². The van der Waals surface area contributed by atoms with Crippen LogP contribution in [0.15, 0.2) is 33.8 Å². The molecular weight excluding hydrogens is 302 g/mol. The lowest BCUT2D eigenvalue weighted by Crippen LogP contribution is -2.39. The minimum absolute atomic E-state index is 0.462. The van der Waals surface area contributed by atoms with Crippen LogP contribution in [0, 0.1) is 0 Å². The molecule has 0 unspecified atom stereocenters. The van der Waals surface area contributed by atoms with Crippen LogP contribution in [0.5, 0.6) is 0 Å². The summed E-state index contributed by atoms with van der Waals surface area (Å²) in [6.45, 7) is 2.54. The third kappa shape index (κ3) is 3.39. The Morgan fingerprint density at radius 1 is 1.32 bits per heavy atom. The number of aliphatic imine (C=N–C) groups is 1. The highest BCUT2D eigenvalue weighted by Crippen LogP contribution is 2.18. The summed E-state index contributed by atoms with van der Waals surface area (Å²) < 4.78 is 5.28. The molecule has 0 saturated carbocycles. The number of rotatable bonds is 3. The number of hydrogen-bond donors (Lipinski definition) is 1. The lowest BCUT2D eigenvalue weighted by Gasteiger charge is -2.19. The van der Waals surface area contributed by atoms with Crippen molar-refractivity contribution in [2.45, 2.75) is 19.4 Å². The van der Waals surface area contributed by atoms with Crippen LogP contribution in [0.1, 0.15) is 18.7 Å². The van der Waals surface area contributed by atoms with E-state index in [9.17, 15) is 0 Å². The predicted molar refractivity (Wildman–Crippen MR) is 85.7 cm³/mol. The predicted octanol–water partition coefficient (Wildman–Crippen LogP) is 2.56. The lowest BCUT2D eigenvalue weighted by molar-refractivity contribution is 0.372. The van der Waals surface area contributed by atoms with Crippen molar-refractivity contribution < 1.29 is 4.52 Å². The molecule has 1 N–H and O–H groups in total. The standard InChI is InChI=1S/C15H18ClN5O/c1-17-15(21-8-2-3-9-21)18-10-13-19-14(20-22-13)11-4-6-12(16)7-5-11/h4-7H,2-3,8-10H2,1H3,(H,17,18). The molecule has 1 aliphatic heterocycles. The number of nitrogens with zero attached hydrogens (tertiary/aromatic N) is 4. The Morgan fingerprint density at radius 2 is 2.05 bits per heavy atom. The van der Waals surface area contributed by atoms with Gasteiger partial charge < -0.3 is 14.7 Å². The van der Waals surface area contributed by atoms with Gasteiger partial charge in [-0.25, -0.2) is 0 Å². The molecule has 3 rings (SSSR count). The van der Waals surface area contributed by atoms with Crippen LogP contribution in [-0.4, -0.2) is 41.1 Å². The Balaban J connectivity index is 1.63. The quantitative estimate of drug-likeness (QED) is 0.695. The number of nitrogens with one attached hydrogen (secondary N) is 1. The van der Waals surface area contributed by atoms with E-state index in [0.29, 0.717) is 23.3 Å². The molecule has 1 saturated heterocycles. The van der Waals surface area contributed by atoms with Gasteiger partial charge in [0.25, 0.3) is 0 Å². The Labute approximate surface area is 134 Å². The largest absolute Gasteiger partial charge is 0.347 e. The molecule has 22 heavy (non-hydrogen) atoms. The Morgan fingerprint density at radius 3 is 2.73 bits per heavy atom.